The number of nitrogens with zero attached hydrogens (tertiary/aromatic N) is 1. The number of ketones is 2. The fourth-order valence-corrected chi connectivity index (χ4v) is 7.55. The first-order valence-electron chi connectivity index (χ1n) is 14.8. The van der Waals surface area contributed by atoms with Gasteiger partial charge in [0, 0.05) is 31.3 Å². The number of carbonyl (C=O) groups is 3. The summed E-state index contributed by atoms with van der Waals surface area (Å²) in [5.41, 5.74) is 10.00. The number of ether oxygens (including phenoxy) is 2. The Hall–Kier alpha value is -2.30. The number of nitrogens with one attached hydrogen (secondary N) is 2. The van der Waals surface area contributed by atoms with E-state index in [-0.39, 0.29) is 42.2 Å². The van der Waals surface area contributed by atoms with Crippen LogP contribution < -0.4 is 22.1 Å². The van der Waals surface area contributed by atoms with Crippen molar-refractivity contribution in [1.29, 1.82) is 0 Å². The topological polar surface area (TPSA) is 161 Å². The van der Waals surface area contributed by atoms with Gasteiger partial charge in [-0.25, -0.2) is 4.79 Å². The maximum Gasteiger partial charge on any atom is 0.350 e. The zero-order valence-corrected chi connectivity index (χ0v) is 23.4. The highest BCUT2D eigenvalue weighted by Gasteiger charge is 2.87. The van der Waals surface area contributed by atoms with Crippen LogP contribution in [0.2, 0.25) is 0 Å². The van der Waals surface area contributed by atoms with E-state index in [4.69, 9.17) is 20.9 Å². The number of hydrogen-bond donors (Lipinski definition) is 4. The van der Waals surface area contributed by atoms with Crippen LogP contribution in [0.4, 0.5) is 0 Å². The molecule has 7 atom stereocenters. The Morgan fingerprint density at radius 2 is 1.82 bits per heavy atom. The van der Waals surface area contributed by atoms with E-state index in [1.165, 1.54) is 0 Å². The molecule has 0 spiro atoms. The van der Waals surface area contributed by atoms with E-state index in [0.29, 0.717) is 31.1 Å². The van der Waals surface area contributed by atoms with Crippen molar-refractivity contribution in [2.45, 2.75) is 113 Å². The van der Waals surface area contributed by atoms with Gasteiger partial charge in [-0.15, -0.1) is 0 Å². The second-order valence-electron chi connectivity index (χ2n) is 12.3. The number of carbonyl (C=O) groups excluding carboxylic acids is 3. The SMILES string of the molecule is CN=C(N)NC(CC(C)=CCC12OC1(C(=O)OC1CCCC1)C(=O)C1CCCCC1C2=O)C1CCNC(N)C1. The molecule has 5 fully saturated rings. The summed E-state index contributed by atoms with van der Waals surface area (Å²) >= 11 is 0. The predicted octanol–water partition coefficient (Wildman–Crippen LogP) is 1.85. The molecular formula is C29H45N5O5. The lowest BCUT2D eigenvalue weighted by Gasteiger charge is -2.37. The van der Waals surface area contributed by atoms with Crippen molar-refractivity contribution in [3.63, 3.8) is 0 Å². The van der Waals surface area contributed by atoms with Crippen LogP contribution in [-0.4, -0.2) is 66.6 Å². The Morgan fingerprint density at radius 1 is 1.15 bits per heavy atom. The van der Waals surface area contributed by atoms with Crippen LogP contribution in [0.5, 0.6) is 0 Å². The monoisotopic (exact) mass is 543 g/mol. The van der Waals surface area contributed by atoms with Gasteiger partial charge in [-0.3, -0.25) is 14.6 Å². The highest BCUT2D eigenvalue weighted by atomic mass is 16.7. The lowest BCUT2D eigenvalue weighted by molar-refractivity contribution is -0.162. The number of fused-ring (bicyclic) bond motifs is 2. The minimum Gasteiger partial charge on any atom is -0.460 e. The number of piperidine rings is 1. The molecule has 0 aromatic rings. The van der Waals surface area contributed by atoms with E-state index in [1.807, 2.05) is 13.0 Å². The second-order valence-corrected chi connectivity index (χ2v) is 12.3. The quantitative estimate of drug-likeness (QED) is 0.0894. The Balaban J connectivity index is 1.37. The van der Waals surface area contributed by atoms with Crippen molar-refractivity contribution in [3.8, 4) is 0 Å². The molecule has 10 nitrogen and oxygen atoms in total. The van der Waals surface area contributed by atoms with E-state index in [9.17, 15) is 14.4 Å². The van der Waals surface area contributed by atoms with E-state index in [0.717, 1.165) is 63.5 Å². The van der Waals surface area contributed by atoms with Crippen LogP contribution in [-0.2, 0) is 23.9 Å². The molecule has 0 aromatic carbocycles. The summed E-state index contributed by atoms with van der Waals surface area (Å²) in [6.07, 6.45) is 11.0. The number of aliphatic imine (C=N–C) groups is 1. The summed E-state index contributed by atoms with van der Waals surface area (Å²) in [6, 6.07) is 0.0132. The standard InChI is InChI=1S/C29H45N5O5/c1-17(15-22(34-27(31)32-2)18-12-14-33-23(30)16-18)11-13-28-24(35)20-9-5-6-10-21(20)25(36)29(28,39-28)26(37)38-19-7-3-4-8-19/h11,18-23,33H,3-10,12-16,30H2,1-2H3,(H3,31,32,34). The third-order valence-corrected chi connectivity index (χ3v) is 9.80. The lowest BCUT2D eigenvalue weighted by Crippen LogP contribution is -2.58. The van der Waals surface area contributed by atoms with Gasteiger partial charge in [-0.2, -0.15) is 0 Å². The molecule has 39 heavy (non-hydrogen) atoms. The van der Waals surface area contributed by atoms with Gasteiger partial charge in [0.15, 0.2) is 23.1 Å². The molecular weight excluding hydrogens is 498 g/mol. The Bertz CT molecular complexity index is 1040. The summed E-state index contributed by atoms with van der Waals surface area (Å²) in [7, 11) is 1.65. The van der Waals surface area contributed by atoms with Gasteiger partial charge in [-0.05, 0) is 77.2 Å². The third kappa shape index (κ3) is 5.15. The van der Waals surface area contributed by atoms with Gasteiger partial charge in [0.1, 0.15) is 6.10 Å². The minimum absolute atomic E-state index is 0.0132. The highest BCUT2D eigenvalue weighted by Crippen LogP contribution is 2.61. The number of nitrogens with two attached hydrogens (primary N) is 2. The summed E-state index contributed by atoms with van der Waals surface area (Å²) in [5.74, 6) is -1.15. The van der Waals surface area contributed by atoms with E-state index >= 15 is 0 Å². The van der Waals surface area contributed by atoms with Crippen LogP contribution in [0, 0.1) is 17.8 Å². The highest BCUT2D eigenvalue weighted by molar-refractivity contribution is 6.23. The van der Waals surface area contributed by atoms with Crippen molar-refractivity contribution in [1.82, 2.24) is 10.6 Å². The number of Topliss-reactive ketones (excluding diaryl/α,β-unsaturated/α-hetero) is 2. The van der Waals surface area contributed by atoms with E-state index < -0.39 is 23.1 Å². The maximum absolute atomic E-state index is 13.9. The first kappa shape index (κ1) is 28.2. The number of guanidine groups is 1. The zero-order chi connectivity index (χ0) is 27.8. The Kier molecular flexibility index (Phi) is 8.18. The minimum atomic E-state index is -1.79. The molecule has 3 aliphatic carbocycles. The van der Waals surface area contributed by atoms with Crippen LogP contribution in [0.3, 0.4) is 0 Å². The second kappa shape index (κ2) is 11.3. The summed E-state index contributed by atoms with van der Waals surface area (Å²) < 4.78 is 11.9. The molecule has 6 N–H and O–H groups in total. The number of epoxide rings is 1. The Labute approximate surface area is 231 Å². The van der Waals surface area contributed by atoms with Crippen molar-refractivity contribution in [2.75, 3.05) is 13.6 Å². The fourth-order valence-electron chi connectivity index (χ4n) is 7.55. The van der Waals surface area contributed by atoms with Crippen molar-refractivity contribution in [2.24, 2.45) is 34.2 Å². The van der Waals surface area contributed by atoms with Crippen LogP contribution in [0.1, 0.15) is 84.0 Å². The Morgan fingerprint density at radius 3 is 2.49 bits per heavy atom. The first-order valence-corrected chi connectivity index (χ1v) is 14.8. The average Bonchev–Trinajstić information content (AvgIpc) is 3.39. The molecule has 0 bridgehead atoms. The average molecular weight is 544 g/mol. The van der Waals surface area contributed by atoms with Crippen molar-refractivity contribution < 1.29 is 23.9 Å². The van der Waals surface area contributed by atoms with E-state index in [1.54, 1.807) is 7.05 Å². The molecule has 5 rings (SSSR count). The number of hydrogen-bond acceptors (Lipinski definition) is 8. The molecule has 0 amide bonds. The van der Waals surface area contributed by atoms with Gasteiger partial charge in [0.2, 0.25) is 0 Å². The van der Waals surface area contributed by atoms with Gasteiger partial charge in [-0.1, -0.05) is 24.5 Å². The van der Waals surface area contributed by atoms with Crippen LogP contribution >= 0.6 is 0 Å². The molecule has 216 valence electrons. The molecule has 0 radical (unpaired) electrons. The van der Waals surface area contributed by atoms with Crippen molar-refractivity contribution >= 4 is 23.5 Å². The van der Waals surface area contributed by atoms with Crippen LogP contribution in [0.25, 0.3) is 0 Å². The summed E-state index contributed by atoms with van der Waals surface area (Å²) in [5, 5.41) is 6.62. The largest absolute Gasteiger partial charge is 0.460 e. The van der Waals surface area contributed by atoms with Crippen LogP contribution in [0.15, 0.2) is 16.6 Å². The van der Waals surface area contributed by atoms with Gasteiger partial charge >= 0.3 is 5.97 Å². The molecule has 2 saturated heterocycles. The number of rotatable bonds is 8. The molecule has 7 unspecified atom stereocenters. The molecule has 10 heteroatoms. The smallest absolute Gasteiger partial charge is 0.350 e. The zero-order valence-electron chi connectivity index (χ0n) is 23.4. The molecule has 5 aliphatic rings. The maximum atomic E-state index is 13.9. The molecule has 0 aromatic heterocycles. The number of esters is 1. The molecule has 2 heterocycles. The van der Waals surface area contributed by atoms with Gasteiger partial charge < -0.3 is 31.6 Å². The van der Waals surface area contributed by atoms with Gasteiger partial charge in [0.05, 0.1) is 6.17 Å². The van der Waals surface area contributed by atoms with Gasteiger partial charge in [0.25, 0.3) is 5.60 Å². The van der Waals surface area contributed by atoms with E-state index in [2.05, 4.69) is 15.6 Å². The lowest BCUT2D eigenvalue weighted by atomic mass is 9.61. The first-order chi connectivity index (χ1) is 18.7. The molecule has 3 saturated carbocycles. The normalized spacial score (nSPS) is 38.1. The predicted molar refractivity (Wildman–Crippen MR) is 147 cm³/mol. The third-order valence-electron chi connectivity index (χ3n) is 9.80. The summed E-state index contributed by atoms with van der Waals surface area (Å²) in [6.45, 7) is 2.84. The van der Waals surface area contributed by atoms with Crippen molar-refractivity contribution in [3.05, 3.63) is 11.6 Å². The fraction of sp³-hybridized carbons (Fsp3) is 0.793. The molecule has 2 aliphatic heterocycles. The summed E-state index contributed by atoms with van der Waals surface area (Å²) in [4.78, 5) is 45.4.